The SMILES string of the molecule is Cc1ccc(NC(=O)CCc2c(C)nc3c(C(N)=O)cnn3c2C)c(Br)c1. The Bertz CT molecular complexity index is 1060. The zero-order valence-electron chi connectivity index (χ0n) is 15.3. The van der Waals surface area contributed by atoms with Gasteiger partial charge in [-0.05, 0) is 66.4 Å². The molecule has 1 aromatic carbocycles. The number of hydrogen-bond donors (Lipinski definition) is 2. The molecule has 140 valence electrons. The Morgan fingerprint density at radius 3 is 2.67 bits per heavy atom. The molecular formula is C19H20BrN5O2. The van der Waals surface area contributed by atoms with Gasteiger partial charge in [0.05, 0.1) is 11.9 Å². The predicted octanol–water partition coefficient (Wildman–Crippen LogP) is 3.09. The molecule has 2 amide bonds. The van der Waals surface area contributed by atoms with Crippen molar-refractivity contribution in [1.82, 2.24) is 14.6 Å². The minimum atomic E-state index is -0.563. The Kier molecular flexibility index (Phi) is 5.27. The molecule has 0 spiro atoms. The topological polar surface area (TPSA) is 102 Å². The maximum Gasteiger partial charge on any atom is 0.254 e. The van der Waals surface area contributed by atoms with Crippen LogP contribution in [0.15, 0.2) is 28.9 Å². The van der Waals surface area contributed by atoms with Crippen LogP contribution < -0.4 is 11.1 Å². The van der Waals surface area contributed by atoms with Crippen molar-refractivity contribution >= 4 is 39.1 Å². The predicted molar refractivity (Wildman–Crippen MR) is 107 cm³/mol. The van der Waals surface area contributed by atoms with Crippen LogP contribution in [0, 0.1) is 20.8 Å². The summed E-state index contributed by atoms with van der Waals surface area (Å²) in [6, 6.07) is 5.77. The molecule has 0 unspecified atom stereocenters. The fraction of sp³-hybridized carbons (Fsp3) is 0.263. The number of aromatic nitrogens is 3. The monoisotopic (exact) mass is 429 g/mol. The Hall–Kier alpha value is -2.74. The van der Waals surface area contributed by atoms with Crippen molar-refractivity contribution in [1.29, 1.82) is 0 Å². The number of anilines is 1. The number of aryl methyl sites for hydroxylation is 3. The number of carbonyl (C=O) groups is 2. The average molecular weight is 430 g/mol. The second kappa shape index (κ2) is 7.48. The first-order chi connectivity index (χ1) is 12.8. The molecule has 0 atom stereocenters. The van der Waals surface area contributed by atoms with Crippen molar-refractivity contribution in [3.05, 3.63) is 56.9 Å². The highest BCUT2D eigenvalue weighted by Crippen LogP contribution is 2.24. The zero-order chi connectivity index (χ0) is 19.7. The number of primary amides is 1. The summed E-state index contributed by atoms with van der Waals surface area (Å²) in [5.41, 5.74) is 10.5. The minimum Gasteiger partial charge on any atom is -0.365 e. The van der Waals surface area contributed by atoms with E-state index >= 15 is 0 Å². The summed E-state index contributed by atoms with van der Waals surface area (Å²) in [5.74, 6) is -0.649. The second-order valence-electron chi connectivity index (χ2n) is 6.45. The summed E-state index contributed by atoms with van der Waals surface area (Å²) in [6.07, 6.45) is 2.24. The Morgan fingerprint density at radius 1 is 1.26 bits per heavy atom. The summed E-state index contributed by atoms with van der Waals surface area (Å²) in [6.45, 7) is 5.74. The molecular weight excluding hydrogens is 410 g/mol. The largest absolute Gasteiger partial charge is 0.365 e. The minimum absolute atomic E-state index is 0.0864. The number of nitrogens with two attached hydrogens (primary N) is 1. The number of nitrogens with one attached hydrogen (secondary N) is 1. The van der Waals surface area contributed by atoms with E-state index < -0.39 is 5.91 Å². The molecule has 3 N–H and O–H groups in total. The summed E-state index contributed by atoms with van der Waals surface area (Å²) >= 11 is 3.46. The van der Waals surface area contributed by atoms with Gasteiger partial charge < -0.3 is 11.1 Å². The highest BCUT2D eigenvalue weighted by molar-refractivity contribution is 9.10. The standard InChI is InChI=1S/C19H20BrN5O2/c1-10-4-6-16(15(20)8-10)24-17(26)7-5-13-11(2)23-19-14(18(21)27)9-22-25(19)12(13)3/h4,6,8-9H,5,7H2,1-3H3,(H2,21,27)(H,24,26). The number of hydrogen-bond acceptors (Lipinski definition) is 4. The molecule has 2 heterocycles. The first kappa shape index (κ1) is 19.0. The van der Waals surface area contributed by atoms with E-state index in [4.69, 9.17) is 5.73 Å². The van der Waals surface area contributed by atoms with Gasteiger partial charge in [0.25, 0.3) is 5.91 Å². The van der Waals surface area contributed by atoms with E-state index in [1.54, 1.807) is 4.52 Å². The molecule has 0 bridgehead atoms. The van der Waals surface area contributed by atoms with Gasteiger partial charge in [0, 0.05) is 22.3 Å². The van der Waals surface area contributed by atoms with Crippen molar-refractivity contribution in [3.63, 3.8) is 0 Å². The van der Waals surface area contributed by atoms with Crippen LogP contribution in [0.1, 0.15) is 39.3 Å². The van der Waals surface area contributed by atoms with E-state index in [-0.39, 0.29) is 11.5 Å². The molecule has 8 heteroatoms. The lowest BCUT2D eigenvalue weighted by Gasteiger charge is -2.12. The van der Waals surface area contributed by atoms with Crippen LogP contribution in [-0.2, 0) is 11.2 Å². The average Bonchev–Trinajstić information content (AvgIpc) is 3.01. The zero-order valence-corrected chi connectivity index (χ0v) is 16.9. The normalized spacial score (nSPS) is 11.0. The number of fused-ring (bicyclic) bond motifs is 1. The van der Waals surface area contributed by atoms with E-state index in [0.29, 0.717) is 18.5 Å². The van der Waals surface area contributed by atoms with Gasteiger partial charge in [-0.15, -0.1) is 0 Å². The maximum atomic E-state index is 12.4. The van der Waals surface area contributed by atoms with Crippen molar-refractivity contribution in [2.24, 2.45) is 5.73 Å². The maximum absolute atomic E-state index is 12.4. The van der Waals surface area contributed by atoms with Gasteiger partial charge in [0.15, 0.2) is 5.65 Å². The summed E-state index contributed by atoms with van der Waals surface area (Å²) in [5, 5.41) is 7.12. The lowest BCUT2D eigenvalue weighted by Crippen LogP contribution is -2.15. The number of rotatable bonds is 5. The number of nitrogens with zero attached hydrogens (tertiary/aromatic N) is 3. The molecule has 0 saturated heterocycles. The van der Waals surface area contributed by atoms with Crippen LogP contribution in [0.5, 0.6) is 0 Å². The summed E-state index contributed by atoms with van der Waals surface area (Å²) in [4.78, 5) is 28.3. The molecule has 27 heavy (non-hydrogen) atoms. The molecule has 3 rings (SSSR count). The van der Waals surface area contributed by atoms with Crippen LogP contribution >= 0.6 is 15.9 Å². The highest BCUT2D eigenvalue weighted by Gasteiger charge is 2.17. The number of carbonyl (C=O) groups excluding carboxylic acids is 2. The van der Waals surface area contributed by atoms with Crippen LogP contribution in [0.2, 0.25) is 0 Å². The number of halogens is 1. The fourth-order valence-corrected chi connectivity index (χ4v) is 3.61. The summed E-state index contributed by atoms with van der Waals surface area (Å²) < 4.78 is 2.44. The first-order valence-corrected chi connectivity index (χ1v) is 9.27. The van der Waals surface area contributed by atoms with E-state index in [2.05, 4.69) is 31.3 Å². The molecule has 0 aliphatic rings. The van der Waals surface area contributed by atoms with Gasteiger partial charge in [-0.1, -0.05) is 6.07 Å². The van der Waals surface area contributed by atoms with E-state index in [1.165, 1.54) is 6.20 Å². The van der Waals surface area contributed by atoms with Crippen molar-refractivity contribution < 1.29 is 9.59 Å². The molecule has 0 aliphatic heterocycles. The fourth-order valence-electron chi connectivity index (χ4n) is 3.02. The number of benzene rings is 1. The second-order valence-corrected chi connectivity index (χ2v) is 7.30. The molecule has 0 fully saturated rings. The van der Waals surface area contributed by atoms with Gasteiger partial charge >= 0.3 is 0 Å². The Labute approximate surface area is 165 Å². The third kappa shape index (κ3) is 3.85. The van der Waals surface area contributed by atoms with E-state index in [1.807, 2.05) is 39.0 Å². The van der Waals surface area contributed by atoms with E-state index in [9.17, 15) is 9.59 Å². The molecule has 0 saturated carbocycles. The van der Waals surface area contributed by atoms with E-state index in [0.717, 1.165) is 32.7 Å². The van der Waals surface area contributed by atoms with Gasteiger partial charge in [0.2, 0.25) is 5.91 Å². The molecule has 7 nitrogen and oxygen atoms in total. The lowest BCUT2D eigenvalue weighted by molar-refractivity contribution is -0.116. The van der Waals surface area contributed by atoms with Crippen molar-refractivity contribution in [2.75, 3.05) is 5.32 Å². The number of amides is 2. The van der Waals surface area contributed by atoms with Gasteiger partial charge in [-0.2, -0.15) is 5.10 Å². The third-order valence-corrected chi connectivity index (χ3v) is 5.13. The lowest BCUT2D eigenvalue weighted by atomic mass is 10.1. The Morgan fingerprint density at radius 2 is 2.00 bits per heavy atom. The van der Waals surface area contributed by atoms with Crippen LogP contribution in [0.3, 0.4) is 0 Å². The molecule has 2 aromatic heterocycles. The molecule has 0 aliphatic carbocycles. The molecule has 0 radical (unpaired) electrons. The van der Waals surface area contributed by atoms with Crippen LogP contribution in [0.4, 0.5) is 5.69 Å². The highest BCUT2D eigenvalue weighted by atomic mass is 79.9. The first-order valence-electron chi connectivity index (χ1n) is 8.47. The Balaban J connectivity index is 1.78. The van der Waals surface area contributed by atoms with Crippen molar-refractivity contribution in [2.45, 2.75) is 33.6 Å². The van der Waals surface area contributed by atoms with Crippen LogP contribution in [-0.4, -0.2) is 26.4 Å². The summed E-state index contributed by atoms with van der Waals surface area (Å²) in [7, 11) is 0. The molecule has 3 aromatic rings. The smallest absolute Gasteiger partial charge is 0.254 e. The van der Waals surface area contributed by atoms with Gasteiger partial charge in [-0.25, -0.2) is 9.50 Å². The third-order valence-electron chi connectivity index (χ3n) is 4.47. The van der Waals surface area contributed by atoms with Gasteiger partial charge in [0.1, 0.15) is 5.56 Å². The van der Waals surface area contributed by atoms with Gasteiger partial charge in [-0.3, -0.25) is 9.59 Å². The van der Waals surface area contributed by atoms with Crippen LogP contribution in [0.25, 0.3) is 5.65 Å². The van der Waals surface area contributed by atoms with Crippen molar-refractivity contribution in [3.8, 4) is 0 Å². The quantitative estimate of drug-likeness (QED) is 0.650.